The van der Waals surface area contributed by atoms with E-state index in [9.17, 15) is 4.79 Å². The minimum absolute atomic E-state index is 0.347. The van der Waals surface area contributed by atoms with Crippen molar-refractivity contribution in [3.05, 3.63) is 132 Å². The normalized spacial score (nSPS) is 12.1. The van der Waals surface area contributed by atoms with Crippen LogP contribution in [0, 0.1) is 0 Å². The second-order valence-electron chi connectivity index (χ2n) is 8.22. The molecule has 1 aromatic heterocycles. The van der Waals surface area contributed by atoms with Crippen LogP contribution in [0.4, 0.5) is 5.69 Å². The Bertz CT molecular complexity index is 1100. The molecule has 0 saturated heterocycles. The second-order valence-corrected chi connectivity index (χ2v) is 8.22. The third-order valence-corrected chi connectivity index (χ3v) is 5.96. The van der Waals surface area contributed by atoms with Gasteiger partial charge in [0, 0.05) is 44.7 Å². The molecule has 4 rings (SSSR count). The molecule has 0 amide bonds. The fraction of sp³-hybridized carbons (Fsp3) is 0.172. The number of aromatic nitrogens is 1. The van der Waals surface area contributed by atoms with Crippen molar-refractivity contribution in [1.29, 1.82) is 0 Å². The van der Waals surface area contributed by atoms with Crippen molar-refractivity contribution in [3.63, 3.8) is 0 Å². The van der Waals surface area contributed by atoms with Crippen molar-refractivity contribution in [3.8, 4) is 0 Å². The Labute approximate surface area is 195 Å². The molecule has 3 aromatic carbocycles. The summed E-state index contributed by atoms with van der Waals surface area (Å²) in [6.45, 7) is 1.46. The van der Waals surface area contributed by atoms with Crippen LogP contribution in [-0.4, -0.2) is 25.0 Å². The standard InChI is InChI=1S/C29H28N2O2/c1-22(32)33-28(26-21-30-20-19-27(26)31(2)3)29(23-13-7-4-8-14-23,24-15-9-5-10-16-24)25-17-11-6-12-18-25/h4-21,28H,1-3H3/t28-/m1/s1. The van der Waals surface area contributed by atoms with Gasteiger partial charge in [-0.1, -0.05) is 91.0 Å². The van der Waals surface area contributed by atoms with Gasteiger partial charge in [0.25, 0.3) is 0 Å². The number of carbonyl (C=O) groups excluding carboxylic acids is 1. The van der Waals surface area contributed by atoms with Crippen LogP contribution in [0.5, 0.6) is 0 Å². The van der Waals surface area contributed by atoms with Gasteiger partial charge in [-0.3, -0.25) is 9.78 Å². The first-order valence-corrected chi connectivity index (χ1v) is 11.0. The van der Waals surface area contributed by atoms with Crippen molar-refractivity contribution in [2.24, 2.45) is 0 Å². The summed E-state index contributed by atoms with van der Waals surface area (Å²) in [6.07, 6.45) is 2.92. The summed E-state index contributed by atoms with van der Waals surface area (Å²) in [6, 6.07) is 32.7. The summed E-state index contributed by atoms with van der Waals surface area (Å²) in [4.78, 5) is 19.1. The van der Waals surface area contributed by atoms with Gasteiger partial charge in [0.2, 0.25) is 0 Å². The third-order valence-electron chi connectivity index (χ3n) is 5.96. The van der Waals surface area contributed by atoms with Gasteiger partial charge >= 0.3 is 5.97 Å². The zero-order chi connectivity index (χ0) is 23.3. The highest BCUT2D eigenvalue weighted by atomic mass is 16.5. The van der Waals surface area contributed by atoms with Gasteiger partial charge in [-0.15, -0.1) is 0 Å². The molecule has 0 aliphatic rings. The number of benzene rings is 3. The summed E-state index contributed by atoms with van der Waals surface area (Å²) < 4.78 is 6.25. The van der Waals surface area contributed by atoms with Crippen LogP contribution in [-0.2, 0) is 14.9 Å². The van der Waals surface area contributed by atoms with Gasteiger partial charge in [-0.05, 0) is 22.8 Å². The number of pyridine rings is 1. The minimum atomic E-state index is -0.802. The molecule has 0 fully saturated rings. The van der Waals surface area contributed by atoms with Crippen LogP contribution in [0.3, 0.4) is 0 Å². The van der Waals surface area contributed by atoms with E-state index in [0.717, 1.165) is 27.9 Å². The second kappa shape index (κ2) is 9.70. The van der Waals surface area contributed by atoms with Crippen LogP contribution in [0.2, 0.25) is 0 Å². The van der Waals surface area contributed by atoms with Crippen molar-refractivity contribution < 1.29 is 9.53 Å². The molecule has 0 unspecified atom stereocenters. The molecule has 0 radical (unpaired) electrons. The molecule has 1 atom stereocenters. The lowest BCUT2D eigenvalue weighted by atomic mass is 9.64. The summed E-state index contributed by atoms with van der Waals surface area (Å²) in [5.74, 6) is -0.347. The molecular weight excluding hydrogens is 408 g/mol. The molecule has 0 N–H and O–H groups in total. The van der Waals surface area contributed by atoms with Crippen molar-refractivity contribution in [1.82, 2.24) is 4.98 Å². The lowest BCUT2D eigenvalue weighted by Crippen LogP contribution is -2.39. The molecule has 1 heterocycles. The van der Waals surface area contributed by atoms with Crippen LogP contribution < -0.4 is 4.90 Å². The number of carbonyl (C=O) groups is 1. The smallest absolute Gasteiger partial charge is 0.303 e. The first kappa shape index (κ1) is 22.3. The van der Waals surface area contributed by atoms with Crippen LogP contribution >= 0.6 is 0 Å². The monoisotopic (exact) mass is 436 g/mol. The Morgan fingerprint density at radius 2 is 1.24 bits per heavy atom. The van der Waals surface area contributed by atoms with Gasteiger partial charge in [0.05, 0.1) is 5.41 Å². The van der Waals surface area contributed by atoms with E-state index in [0.29, 0.717) is 0 Å². The number of hydrogen-bond acceptors (Lipinski definition) is 4. The van der Waals surface area contributed by atoms with Gasteiger partial charge in [0.1, 0.15) is 6.10 Å². The number of anilines is 1. The van der Waals surface area contributed by atoms with Gasteiger partial charge in [0.15, 0.2) is 0 Å². The molecule has 4 aromatic rings. The first-order chi connectivity index (χ1) is 16.0. The molecule has 0 saturated carbocycles. The Morgan fingerprint density at radius 1 is 0.788 bits per heavy atom. The Hall–Kier alpha value is -3.92. The highest BCUT2D eigenvalue weighted by Gasteiger charge is 2.47. The van der Waals surface area contributed by atoms with Crippen LogP contribution in [0.25, 0.3) is 0 Å². The highest BCUT2D eigenvalue weighted by Crippen LogP contribution is 2.51. The predicted molar refractivity (Wildman–Crippen MR) is 132 cm³/mol. The maximum Gasteiger partial charge on any atom is 0.303 e. The number of ether oxygens (including phenoxy) is 1. The van der Waals surface area contributed by atoms with Crippen LogP contribution in [0.15, 0.2) is 109 Å². The van der Waals surface area contributed by atoms with Gasteiger partial charge in [-0.25, -0.2) is 0 Å². The van der Waals surface area contributed by atoms with Crippen LogP contribution in [0.1, 0.15) is 35.3 Å². The minimum Gasteiger partial charge on any atom is -0.456 e. The summed E-state index contributed by atoms with van der Waals surface area (Å²) >= 11 is 0. The Morgan fingerprint density at radius 3 is 1.64 bits per heavy atom. The highest BCUT2D eigenvalue weighted by molar-refractivity contribution is 5.69. The van der Waals surface area contributed by atoms with E-state index in [-0.39, 0.29) is 5.97 Å². The molecule has 33 heavy (non-hydrogen) atoms. The topological polar surface area (TPSA) is 42.4 Å². The zero-order valence-electron chi connectivity index (χ0n) is 19.2. The van der Waals surface area contributed by atoms with Gasteiger partial charge < -0.3 is 9.64 Å². The number of rotatable bonds is 7. The van der Waals surface area contributed by atoms with E-state index in [4.69, 9.17) is 4.74 Å². The molecule has 4 heteroatoms. The van der Waals surface area contributed by atoms with Crippen molar-refractivity contribution in [2.45, 2.75) is 18.4 Å². The summed E-state index contributed by atoms with van der Waals surface area (Å²) in [5, 5.41) is 0. The Kier molecular flexibility index (Phi) is 6.55. The summed E-state index contributed by atoms with van der Waals surface area (Å²) in [7, 11) is 3.97. The van der Waals surface area contributed by atoms with Gasteiger partial charge in [-0.2, -0.15) is 0 Å². The number of hydrogen-bond donors (Lipinski definition) is 0. The molecule has 4 nitrogen and oxygen atoms in total. The molecule has 0 aliphatic heterocycles. The number of esters is 1. The SMILES string of the molecule is CC(=O)O[C@H](c1cnccc1N(C)C)C(c1ccccc1)(c1ccccc1)c1ccccc1. The average Bonchev–Trinajstić information content (AvgIpc) is 2.85. The van der Waals surface area contributed by atoms with E-state index in [2.05, 4.69) is 41.4 Å². The maximum absolute atomic E-state index is 12.6. The maximum atomic E-state index is 12.6. The number of nitrogens with zero attached hydrogens (tertiary/aromatic N) is 2. The fourth-order valence-electron chi connectivity index (χ4n) is 4.62. The van der Waals surface area contributed by atoms with E-state index in [1.165, 1.54) is 6.92 Å². The molecule has 0 bridgehead atoms. The van der Waals surface area contributed by atoms with E-state index < -0.39 is 11.5 Å². The molecular formula is C29H28N2O2. The largest absolute Gasteiger partial charge is 0.456 e. The first-order valence-electron chi connectivity index (χ1n) is 11.0. The lowest BCUT2D eigenvalue weighted by molar-refractivity contribution is -0.149. The molecule has 0 spiro atoms. The lowest BCUT2D eigenvalue weighted by Gasteiger charge is -2.42. The average molecular weight is 437 g/mol. The van der Waals surface area contributed by atoms with E-state index >= 15 is 0 Å². The van der Waals surface area contributed by atoms with Crippen molar-refractivity contribution >= 4 is 11.7 Å². The van der Waals surface area contributed by atoms with E-state index in [1.54, 1.807) is 6.20 Å². The Balaban J connectivity index is 2.16. The summed E-state index contributed by atoms with van der Waals surface area (Å²) in [5.41, 5.74) is 4.08. The third kappa shape index (κ3) is 4.24. The fourth-order valence-corrected chi connectivity index (χ4v) is 4.62. The molecule has 166 valence electrons. The van der Waals surface area contributed by atoms with Crippen molar-refractivity contribution in [2.75, 3.05) is 19.0 Å². The van der Waals surface area contributed by atoms with E-state index in [1.807, 2.05) is 85.9 Å². The zero-order valence-corrected chi connectivity index (χ0v) is 19.2. The predicted octanol–water partition coefficient (Wildman–Crippen LogP) is 5.79. The molecule has 0 aliphatic carbocycles. The quantitative estimate of drug-likeness (QED) is 0.272.